The van der Waals surface area contributed by atoms with E-state index in [0.717, 1.165) is 28.7 Å². The highest BCUT2D eigenvalue weighted by molar-refractivity contribution is 6.31. The molecule has 0 amide bonds. The first-order chi connectivity index (χ1) is 8.63. The van der Waals surface area contributed by atoms with Gasteiger partial charge < -0.3 is 9.73 Å². The molecule has 1 unspecified atom stereocenters. The molecule has 18 heavy (non-hydrogen) atoms. The van der Waals surface area contributed by atoms with Crippen LogP contribution in [0.25, 0.3) is 0 Å². The van der Waals surface area contributed by atoms with Crippen molar-refractivity contribution in [3.8, 4) is 0 Å². The second kappa shape index (κ2) is 5.59. The second-order valence-electron chi connectivity index (χ2n) is 4.39. The molecule has 3 heteroatoms. The lowest BCUT2D eigenvalue weighted by Crippen LogP contribution is -2.22. The topological polar surface area (TPSA) is 25.2 Å². The van der Waals surface area contributed by atoms with Gasteiger partial charge >= 0.3 is 0 Å². The van der Waals surface area contributed by atoms with Crippen LogP contribution in [0.3, 0.4) is 0 Å². The molecule has 2 aromatic rings. The van der Waals surface area contributed by atoms with E-state index in [1.165, 1.54) is 5.56 Å². The molecule has 0 spiro atoms. The van der Waals surface area contributed by atoms with Crippen LogP contribution < -0.4 is 5.32 Å². The van der Waals surface area contributed by atoms with Crippen LogP contribution in [0.15, 0.2) is 34.7 Å². The van der Waals surface area contributed by atoms with Crippen LogP contribution in [0.2, 0.25) is 5.02 Å². The summed E-state index contributed by atoms with van der Waals surface area (Å²) in [7, 11) is 0. The largest absolute Gasteiger partial charge is 0.464 e. The van der Waals surface area contributed by atoms with E-state index in [4.69, 9.17) is 16.0 Å². The molecule has 0 aliphatic rings. The molecule has 96 valence electrons. The fourth-order valence-corrected chi connectivity index (χ4v) is 2.30. The maximum atomic E-state index is 6.19. The van der Waals surface area contributed by atoms with Crippen molar-refractivity contribution in [3.63, 3.8) is 0 Å². The van der Waals surface area contributed by atoms with E-state index in [1.807, 2.05) is 38.1 Å². The van der Waals surface area contributed by atoms with E-state index in [-0.39, 0.29) is 6.04 Å². The lowest BCUT2D eigenvalue weighted by Gasteiger charge is -2.19. The smallest absolute Gasteiger partial charge is 0.125 e. The Morgan fingerprint density at radius 1 is 1.22 bits per heavy atom. The van der Waals surface area contributed by atoms with Gasteiger partial charge in [-0.2, -0.15) is 0 Å². The summed E-state index contributed by atoms with van der Waals surface area (Å²) in [6.07, 6.45) is 0. The Morgan fingerprint density at radius 3 is 2.61 bits per heavy atom. The molecular weight excluding hydrogens is 246 g/mol. The quantitative estimate of drug-likeness (QED) is 0.892. The summed E-state index contributed by atoms with van der Waals surface area (Å²) in [5, 5.41) is 4.23. The molecule has 1 aromatic heterocycles. The molecule has 1 atom stereocenters. The van der Waals surface area contributed by atoms with Crippen LogP contribution in [-0.2, 0) is 0 Å². The third-order valence-electron chi connectivity index (χ3n) is 3.07. The summed E-state index contributed by atoms with van der Waals surface area (Å²) in [6, 6.07) is 10.0. The Bertz CT molecular complexity index is 533. The van der Waals surface area contributed by atoms with Crippen LogP contribution in [0.4, 0.5) is 0 Å². The zero-order valence-electron chi connectivity index (χ0n) is 11.0. The fraction of sp³-hybridized carbons (Fsp3) is 0.333. The molecule has 1 N–H and O–H groups in total. The Hall–Kier alpha value is -1.25. The van der Waals surface area contributed by atoms with Gasteiger partial charge in [0, 0.05) is 5.02 Å². The standard InChI is InChI=1S/C15H18ClNO/c1-4-17-15(14-9-8-10(2)18-14)12-6-5-7-13(16)11(12)3/h5-9,15,17H,4H2,1-3H3. The van der Waals surface area contributed by atoms with E-state index in [1.54, 1.807) is 0 Å². The first kappa shape index (κ1) is 13.2. The third kappa shape index (κ3) is 2.60. The summed E-state index contributed by atoms with van der Waals surface area (Å²) < 4.78 is 5.74. The number of hydrogen-bond acceptors (Lipinski definition) is 2. The van der Waals surface area contributed by atoms with Crippen molar-refractivity contribution in [2.24, 2.45) is 0 Å². The number of halogens is 1. The van der Waals surface area contributed by atoms with E-state index in [9.17, 15) is 0 Å². The molecular formula is C15H18ClNO. The second-order valence-corrected chi connectivity index (χ2v) is 4.80. The maximum Gasteiger partial charge on any atom is 0.125 e. The van der Waals surface area contributed by atoms with Gasteiger partial charge in [-0.3, -0.25) is 0 Å². The van der Waals surface area contributed by atoms with E-state index < -0.39 is 0 Å². The molecule has 0 aliphatic carbocycles. The van der Waals surface area contributed by atoms with Gasteiger partial charge in [0.15, 0.2) is 0 Å². The fourth-order valence-electron chi connectivity index (χ4n) is 2.11. The van der Waals surface area contributed by atoms with E-state index in [0.29, 0.717) is 0 Å². The highest BCUT2D eigenvalue weighted by atomic mass is 35.5. The zero-order chi connectivity index (χ0) is 13.1. The van der Waals surface area contributed by atoms with Crippen LogP contribution in [-0.4, -0.2) is 6.54 Å². The summed E-state index contributed by atoms with van der Waals surface area (Å²) in [5.74, 6) is 1.85. The van der Waals surface area contributed by atoms with E-state index in [2.05, 4.69) is 18.3 Å². The minimum Gasteiger partial charge on any atom is -0.464 e. The molecule has 1 heterocycles. The van der Waals surface area contributed by atoms with Gasteiger partial charge in [-0.05, 0) is 49.7 Å². The summed E-state index contributed by atoms with van der Waals surface area (Å²) >= 11 is 6.19. The monoisotopic (exact) mass is 263 g/mol. The Morgan fingerprint density at radius 2 is 2.00 bits per heavy atom. The van der Waals surface area contributed by atoms with Crippen molar-refractivity contribution >= 4 is 11.6 Å². The predicted molar refractivity (Wildman–Crippen MR) is 75.2 cm³/mol. The van der Waals surface area contributed by atoms with Crippen LogP contribution >= 0.6 is 11.6 Å². The number of rotatable bonds is 4. The number of benzene rings is 1. The predicted octanol–water partition coefficient (Wildman–Crippen LogP) is 4.25. The molecule has 0 saturated carbocycles. The first-order valence-electron chi connectivity index (χ1n) is 6.18. The SMILES string of the molecule is CCNC(c1ccc(C)o1)c1cccc(Cl)c1C. The third-order valence-corrected chi connectivity index (χ3v) is 3.48. The number of nitrogens with one attached hydrogen (secondary N) is 1. The number of furan rings is 1. The average molecular weight is 264 g/mol. The van der Waals surface area contributed by atoms with Crippen LogP contribution in [0.5, 0.6) is 0 Å². The maximum absolute atomic E-state index is 6.19. The summed E-state index contributed by atoms with van der Waals surface area (Å²) in [4.78, 5) is 0. The van der Waals surface area contributed by atoms with Crippen molar-refractivity contribution in [1.29, 1.82) is 0 Å². The number of aryl methyl sites for hydroxylation is 1. The lowest BCUT2D eigenvalue weighted by atomic mass is 9.99. The Labute approximate surface area is 113 Å². The molecule has 0 saturated heterocycles. The van der Waals surface area contributed by atoms with Gasteiger partial charge in [-0.25, -0.2) is 0 Å². The minimum atomic E-state index is 0.0578. The van der Waals surface area contributed by atoms with Gasteiger partial charge in [0.2, 0.25) is 0 Å². The molecule has 2 rings (SSSR count). The molecule has 0 aliphatic heterocycles. The van der Waals surface area contributed by atoms with E-state index >= 15 is 0 Å². The van der Waals surface area contributed by atoms with Gasteiger partial charge in [-0.15, -0.1) is 0 Å². The van der Waals surface area contributed by atoms with Gasteiger partial charge in [-0.1, -0.05) is 30.7 Å². The highest BCUT2D eigenvalue weighted by Crippen LogP contribution is 2.29. The minimum absolute atomic E-state index is 0.0578. The van der Waals surface area contributed by atoms with Gasteiger partial charge in [0.1, 0.15) is 11.5 Å². The Balaban J connectivity index is 2.44. The number of hydrogen-bond donors (Lipinski definition) is 1. The van der Waals surface area contributed by atoms with Crippen LogP contribution in [0.1, 0.15) is 35.6 Å². The molecule has 0 radical (unpaired) electrons. The summed E-state index contributed by atoms with van der Waals surface area (Å²) in [5.41, 5.74) is 2.26. The van der Waals surface area contributed by atoms with Gasteiger partial charge in [0.05, 0.1) is 6.04 Å². The molecule has 1 aromatic carbocycles. The van der Waals surface area contributed by atoms with Crippen molar-refractivity contribution in [1.82, 2.24) is 5.32 Å². The average Bonchev–Trinajstić information content (AvgIpc) is 2.77. The summed E-state index contributed by atoms with van der Waals surface area (Å²) in [6.45, 7) is 6.95. The first-order valence-corrected chi connectivity index (χ1v) is 6.56. The zero-order valence-corrected chi connectivity index (χ0v) is 11.7. The van der Waals surface area contributed by atoms with Crippen LogP contribution in [0, 0.1) is 13.8 Å². The normalized spacial score (nSPS) is 12.7. The van der Waals surface area contributed by atoms with Crippen molar-refractivity contribution in [2.75, 3.05) is 6.54 Å². The molecule has 0 bridgehead atoms. The highest BCUT2D eigenvalue weighted by Gasteiger charge is 2.19. The lowest BCUT2D eigenvalue weighted by molar-refractivity contribution is 0.434. The van der Waals surface area contributed by atoms with Gasteiger partial charge in [0.25, 0.3) is 0 Å². The van der Waals surface area contributed by atoms with Crippen molar-refractivity contribution < 1.29 is 4.42 Å². The van der Waals surface area contributed by atoms with Crippen molar-refractivity contribution in [3.05, 3.63) is 58.0 Å². The Kier molecular flexibility index (Phi) is 4.10. The molecule has 0 fully saturated rings. The molecule has 2 nitrogen and oxygen atoms in total. The van der Waals surface area contributed by atoms with Crippen molar-refractivity contribution in [2.45, 2.75) is 26.8 Å².